The summed E-state index contributed by atoms with van der Waals surface area (Å²) in [4.78, 5) is 30.0. The van der Waals surface area contributed by atoms with Crippen LogP contribution in [0, 0.1) is 13.8 Å². The molecule has 0 bridgehead atoms. The van der Waals surface area contributed by atoms with Crippen molar-refractivity contribution in [3.63, 3.8) is 0 Å². The van der Waals surface area contributed by atoms with Gasteiger partial charge in [0, 0.05) is 13.0 Å². The van der Waals surface area contributed by atoms with Crippen LogP contribution in [-0.2, 0) is 20.7 Å². The Morgan fingerprint density at radius 3 is 2.76 bits per heavy atom. The smallest absolute Gasteiger partial charge is 0.227 e. The van der Waals surface area contributed by atoms with Crippen molar-refractivity contribution in [1.82, 2.24) is 9.80 Å². The summed E-state index contributed by atoms with van der Waals surface area (Å²) in [6, 6.07) is 16.0. The molecule has 5 nitrogen and oxygen atoms in total. The van der Waals surface area contributed by atoms with Crippen LogP contribution in [0.4, 0.5) is 0 Å². The van der Waals surface area contributed by atoms with Gasteiger partial charge in [-0.05, 0) is 30.5 Å². The predicted octanol–water partition coefficient (Wildman–Crippen LogP) is 3.15. The normalized spacial score (nSPS) is 28.0. The van der Waals surface area contributed by atoms with Gasteiger partial charge in [-0.3, -0.25) is 9.59 Å². The van der Waals surface area contributed by atoms with Gasteiger partial charge in [0.05, 0.1) is 31.5 Å². The molecule has 3 atom stereocenters. The quantitative estimate of drug-likeness (QED) is 0.809. The largest absolute Gasteiger partial charge is 0.351 e. The van der Waals surface area contributed by atoms with Gasteiger partial charge in [0.2, 0.25) is 11.8 Å². The van der Waals surface area contributed by atoms with E-state index < -0.39 is 5.72 Å². The van der Waals surface area contributed by atoms with E-state index in [0.717, 1.165) is 22.3 Å². The number of carbonyl (C=O) groups is 2. The van der Waals surface area contributed by atoms with Crippen molar-refractivity contribution >= 4 is 11.8 Å². The number of amides is 2. The number of benzene rings is 2. The summed E-state index contributed by atoms with van der Waals surface area (Å²) < 4.78 is 6.31. The number of hydrogen-bond donors (Lipinski definition) is 0. The van der Waals surface area contributed by atoms with Crippen LogP contribution in [0.3, 0.4) is 0 Å². The van der Waals surface area contributed by atoms with Crippen LogP contribution in [-0.4, -0.2) is 46.5 Å². The molecule has 1 spiro atoms. The summed E-state index contributed by atoms with van der Waals surface area (Å²) in [7, 11) is 0. The lowest BCUT2D eigenvalue weighted by molar-refractivity contribution is -0.141. The molecule has 3 aliphatic rings. The summed E-state index contributed by atoms with van der Waals surface area (Å²) in [5.41, 5.74) is 3.78. The summed E-state index contributed by atoms with van der Waals surface area (Å²) in [5.74, 6) is 0.174. The molecule has 3 fully saturated rings. The van der Waals surface area contributed by atoms with Gasteiger partial charge in [0.1, 0.15) is 0 Å². The first-order valence-corrected chi connectivity index (χ1v) is 10.4. The van der Waals surface area contributed by atoms with Gasteiger partial charge in [-0.15, -0.1) is 0 Å². The average Bonchev–Trinajstić information content (AvgIpc) is 3.34. The highest BCUT2D eigenvalue weighted by molar-refractivity contribution is 5.86. The molecule has 0 aromatic heterocycles. The topological polar surface area (TPSA) is 49.9 Å². The van der Waals surface area contributed by atoms with E-state index in [2.05, 4.69) is 18.2 Å². The molecular formula is C24H26N2O3. The van der Waals surface area contributed by atoms with Gasteiger partial charge in [-0.2, -0.15) is 0 Å². The molecule has 29 heavy (non-hydrogen) atoms. The van der Waals surface area contributed by atoms with Crippen molar-refractivity contribution < 1.29 is 14.3 Å². The third-order valence-corrected chi connectivity index (χ3v) is 6.81. The summed E-state index contributed by atoms with van der Waals surface area (Å²) in [6.07, 6.45) is 1.41. The fraction of sp³-hybridized carbons (Fsp3) is 0.417. The van der Waals surface area contributed by atoms with Gasteiger partial charge in [0.15, 0.2) is 5.72 Å². The molecule has 2 amide bonds. The maximum absolute atomic E-state index is 13.2. The van der Waals surface area contributed by atoms with E-state index >= 15 is 0 Å². The fourth-order valence-electron chi connectivity index (χ4n) is 5.32. The maximum Gasteiger partial charge on any atom is 0.227 e. The Morgan fingerprint density at radius 2 is 1.97 bits per heavy atom. The first kappa shape index (κ1) is 18.4. The number of likely N-dealkylation sites (tertiary alicyclic amines) is 1. The van der Waals surface area contributed by atoms with Gasteiger partial charge >= 0.3 is 0 Å². The average molecular weight is 390 g/mol. The highest BCUT2D eigenvalue weighted by Crippen LogP contribution is 2.51. The molecule has 5 heteroatoms. The van der Waals surface area contributed by atoms with Crippen LogP contribution < -0.4 is 0 Å². The zero-order valence-electron chi connectivity index (χ0n) is 16.9. The minimum Gasteiger partial charge on any atom is -0.351 e. The number of ether oxygens (including phenoxy) is 1. The van der Waals surface area contributed by atoms with Crippen LogP contribution in [0.15, 0.2) is 48.5 Å². The molecule has 3 aliphatic heterocycles. The molecule has 0 radical (unpaired) electrons. The molecule has 150 valence electrons. The SMILES string of the molecule is Cc1ccc(C)c(CC(=O)N2CC[C@@]34OC[C@@H](c5ccccc5)N3C(=O)C[C@@H]24)c1. The van der Waals surface area contributed by atoms with E-state index in [1.54, 1.807) is 0 Å². The van der Waals surface area contributed by atoms with Crippen molar-refractivity contribution in [2.75, 3.05) is 13.2 Å². The molecule has 2 aromatic rings. The first-order chi connectivity index (χ1) is 14.0. The van der Waals surface area contributed by atoms with E-state index in [1.807, 2.05) is 54.0 Å². The second-order valence-electron chi connectivity index (χ2n) is 8.51. The van der Waals surface area contributed by atoms with Crippen molar-refractivity contribution in [2.24, 2.45) is 0 Å². The van der Waals surface area contributed by atoms with Gasteiger partial charge in [-0.1, -0.05) is 54.1 Å². The van der Waals surface area contributed by atoms with E-state index in [4.69, 9.17) is 4.74 Å². The molecule has 2 aromatic carbocycles. The minimum absolute atomic E-state index is 0.0669. The lowest BCUT2D eigenvalue weighted by Crippen LogP contribution is -2.49. The maximum atomic E-state index is 13.2. The Morgan fingerprint density at radius 1 is 1.17 bits per heavy atom. The Bertz CT molecular complexity index is 973. The lowest BCUT2D eigenvalue weighted by Gasteiger charge is -2.33. The van der Waals surface area contributed by atoms with Crippen LogP contribution in [0.2, 0.25) is 0 Å². The van der Waals surface area contributed by atoms with Crippen LogP contribution in [0.1, 0.15) is 41.1 Å². The highest BCUT2D eigenvalue weighted by atomic mass is 16.5. The molecule has 0 saturated carbocycles. The highest BCUT2D eigenvalue weighted by Gasteiger charge is 2.65. The van der Waals surface area contributed by atoms with E-state index in [1.165, 1.54) is 0 Å². The first-order valence-electron chi connectivity index (χ1n) is 10.4. The number of carbonyl (C=O) groups excluding carboxylic acids is 2. The lowest BCUT2D eigenvalue weighted by atomic mass is 10.0. The molecule has 0 unspecified atom stereocenters. The molecule has 3 saturated heterocycles. The van der Waals surface area contributed by atoms with Crippen molar-refractivity contribution in [3.8, 4) is 0 Å². The van der Waals surface area contributed by atoms with Crippen LogP contribution in [0.25, 0.3) is 0 Å². The third kappa shape index (κ3) is 2.79. The van der Waals surface area contributed by atoms with E-state index in [0.29, 0.717) is 32.4 Å². The second-order valence-corrected chi connectivity index (χ2v) is 8.51. The number of nitrogens with zero attached hydrogens (tertiary/aromatic N) is 2. The Hall–Kier alpha value is -2.66. The second kappa shape index (κ2) is 6.70. The van der Waals surface area contributed by atoms with Gasteiger partial charge in [0.25, 0.3) is 0 Å². The predicted molar refractivity (Wildman–Crippen MR) is 109 cm³/mol. The monoisotopic (exact) mass is 390 g/mol. The van der Waals surface area contributed by atoms with Crippen molar-refractivity contribution in [2.45, 2.75) is 50.9 Å². The number of rotatable bonds is 3. The molecule has 3 heterocycles. The van der Waals surface area contributed by atoms with Crippen LogP contribution in [0.5, 0.6) is 0 Å². The number of hydrogen-bond acceptors (Lipinski definition) is 3. The molecule has 0 aliphatic carbocycles. The van der Waals surface area contributed by atoms with Crippen molar-refractivity contribution in [1.29, 1.82) is 0 Å². The zero-order valence-corrected chi connectivity index (χ0v) is 16.9. The minimum atomic E-state index is -0.658. The summed E-state index contributed by atoms with van der Waals surface area (Å²) in [6.45, 7) is 5.21. The zero-order chi connectivity index (χ0) is 20.2. The third-order valence-electron chi connectivity index (χ3n) is 6.81. The summed E-state index contributed by atoms with van der Waals surface area (Å²) in [5, 5.41) is 0. The van der Waals surface area contributed by atoms with Crippen molar-refractivity contribution in [3.05, 3.63) is 70.8 Å². The van der Waals surface area contributed by atoms with Crippen LogP contribution >= 0.6 is 0 Å². The Labute approximate surface area is 171 Å². The summed E-state index contributed by atoms with van der Waals surface area (Å²) >= 11 is 0. The standard InChI is InChI=1S/C24H26N2O3/c1-16-8-9-17(2)19(12-16)13-22(27)25-11-10-24-21(25)14-23(28)26(24)20(15-29-24)18-6-4-3-5-7-18/h3-9,12,20-21H,10-11,13-15H2,1-2H3/t20-,21+,24-/m0/s1. The van der Waals surface area contributed by atoms with Gasteiger partial charge < -0.3 is 14.5 Å². The van der Waals surface area contributed by atoms with Gasteiger partial charge in [-0.25, -0.2) is 0 Å². The molecular weight excluding hydrogens is 364 g/mol. The van der Waals surface area contributed by atoms with E-state index in [-0.39, 0.29) is 23.9 Å². The van der Waals surface area contributed by atoms with E-state index in [9.17, 15) is 9.59 Å². The number of aryl methyl sites for hydroxylation is 2. The molecule has 5 rings (SSSR count). The molecule has 0 N–H and O–H groups in total. The Balaban J connectivity index is 1.40. The fourth-order valence-corrected chi connectivity index (χ4v) is 5.32. The Kier molecular flexibility index (Phi) is 4.24.